The summed E-state index contributed by atoms with van der Waals surface area (Å²) in [5.74, 6) is 0.816. The van der Waals surface area contributed by atoms with Crippen LogP contribution in [0.15, 0.2) is 48.8 Å². The van der Waals surface area contributed by atoms with Crippen molar-refractivity contribution < 1.29 is 14.3 Å². The summed E-state index contributed by atoms with van der Waals surface area (Å²) in [6.45, 7) is 6.09. The summed E-state index contributed by atoms with van der Waals surface area (Å²) in [4.78, 5) is 27.5. The molecule has 0 atom stereocenters. The molecule has 1 amide bonds. The van der Waals surface area contributed by atoms with Gasteiger partial charge in [-0.3, -0.25) is 9.88 Å². The summed E-state index contributed by atoms with van der Waals surface area (Å²) < 4.78 is 11.5. The van der Waals surface area contributed by atoms with E-state index in [-0.39, 0.29) is 0 Å². The molecule has 8 nitrogen and oxygen atoms in total. The van der Waals surface area contributed by atoms with Crippen molar-refractivity contribution in [3.63, 3.8) is 0 Å². The van der Waals surface area contributed by atoms with Gasteiger partial charge in [0.25, 0.3) is 0 Å². The molecule has 4 rings (SSSR count). The molecule has 1 aliphatic rings. The van der Waals surface area contributed by atoms with Gasteiger partial charge in [-0.1, -0.05) is 17.7 Å². The van der Waals surface area contributed by atoms with Crippen molar-refractivity contribution in [3.05, 3.63) is 53.9 Å². The Balaban J connectivity index is 1.82. The number of aromatic nitrogens is 3. The van der Waals surface area contributed by atoms with Gasteiger partial charge >= 0.3 is 6.09 Å². The standard InChI is InChI=1S/C22H22ClN5O3/c1-22(2,3)31-21(29)28-11-12-30-19-17(25-14-7-9-24-10-8-14)13-16(27-20(19)28)15-5-4-6-18(23)26-15/h4-10,13H,11-12H2,1-3H3,(H,24,25,27). The van der Waals surface area contributed by atoms with E-state index in [1.807, 2.05) is 39.0 Å². The highest BCUT2D eigenvalue weighted by Gasteiger charge is 2.32. The third-order valence-corrected chi connectivity index (χ3v) is 4.53. The maximum absolute atomic E-state index is 12.9. The van der Waals surface area contributed by atoms with E-state index in [1.54, 1.807) is 30.6 Å². The molecule has 1 N–H and O–H groups in total. The molecular formula is C22H22ClN5O3. The van der Waals surface area contributed by atoms with Gasteiger partial charge in [0.15, 0.2) is 11.6 Å². The second-order valence-corrected chi connectivity index (χ2v) is 8.28. The molecule has 0 saturated heterocycles. The van der Waals surface area contributed by atoms with Crippen molar-refractivity contribution in [3.8, 4) is 17.1 Å². The summed E-state index contributed by atoms with van der Waals surface area (Å²) in [5.41, 5.74) is 1.92. The Kier molecular flexibility index (Phi) is 5.65. The molecule has 0 aromatic carbocycles. The molecule has 0 spiro atoms. The zero-order valence-electron chi connectivity index (χ0n) is 17.4. The van der Waals surface area contributed by atoms with Crippen LogP contribution in [-0.2, 0) is 4.74 Å². The van der Waals surface area contributed by atoms with E-state index in [1.165, 1.54) is 4.90 Å². The van der Waals surface area contributed by atoms with Crippen LogP contribution in [0.25, 0.3) is 11.4 Å². The minimum Gasteiger partial charge on any atom is -0.486 e. The molecule has 0 saturated carbocycles. The number of pyridine rings is 3. The minimum absolute atomic E-state index is 0.313. The predicted octanol–water partition coefficient (Wildman–Crippen LogP) is 5.07. The van der Waals surface area contributed by atoms with Crippen LogP contribution >= 0.6 is 11.6 Å². The van der Waals surface area contributed by atoms with Crippen molar-refractivity contribution >= 4 is 34.9 Å². The van der Waals surface area contributed by atoms with Gasteiger partial charge in [-0.2, -0.15) is 0 Å². The van der Waals surface area contributed by atoms with Crippen LogP contribution < -0.4 is 15.0 Å². The van der Waals surface area contributed by atoms with Gasteiger partial charge in [-0.15, -0.1) is 0 Å². The number of ether oxygens (including phenoxy) is 2. The molecule has 0 unspecified atom stereocenters. The van der Waals surface area contributed by atoms with Crippen LogP contribution in [0.4, 0.5) is 22.0 Å². The lowest BCUT2D eigenvalue weighted by atomic mass is 10.2. The van der Waals surface area contributed by atoms with Gasteiger partial charge in [0.2, 0.25) is 0 Å². The maximum Gasteiger partial charge on any atom is 0.416 e. The topological polar surface area (TPSA) is 89.5 Å². The van der Waals surface area contributed by atoms with E-state index < -0.39 is 11.7 Å². The molecule has 0 fully saturated rings. The Bertz CT molecular complexity index is 1100. The fourth-order valence-electron chi connectivity index (χ4n) is 3.05. The molecule has 160 valence electrons. The van der Waals surface area contributed by atoms with Crippen molar-refractivity contribution in [2.45, 2.75) is 26.4 Å². The van der Waals surface area contributed by atoms with E-state index in [0.717, 1.165) is 5.69 Å². The fourth-order valence-corrected chi connectivity index (χ4v) is 3.21. The normalized spacial score (nSPS) is 13.2. The number of carbonyl (C=O) groups excluding carboxylic acids is 1. The number of carbonyl (C=O) groups is 1. The first-order valence-electron chi connectivity index (χ1n) is 9.78. The summed E-state index contributed by atoms with van der Waals surface area (Å²) >= 11 is 6.09. The zero-order valence-corrected chi connectivity index (χ0v) is 18.2. The maximum atomic E-state index is 12.9. The summed E-state index contributed by atoms with van der Waals surface area (Å²) in [6.07, 6.45) is 2.88. The van der Waals surface area contributed by atoms with Crippen LogP contribution in [0.2, 0.25) is 5.15 Å². The first kappa shape index (κ1) is 20.9. The van der Waals surface area contributed by atoms with Crippen molar-refractivity contribution in [1.82, 2.24) is 15.0 Å². The number of nitrogens with zero attached hydrogens (tertiary/aromatic N) is 4. The third kappa shape index (κ3) is 4.86. The smallest absolute Gasteiger partial charge is 0.416 e. The van der Waals surface area contributed by atoms with E-state index >= 15 is 0 Å². The summed E-state index contributed by atoms with van der Waals surface area (Å²) in [7, 11) is 0. The van der Waals surface area contributed by atoms with Crippen LogP contribution in [0, 0.1) is 0 Å². The largest absolute Gasteiger partial charge is 0.486 e. The second kappa shape index (κ2) is 8.39. The number of amides is 1. The first-order valence-corrected chi connectivity index (χ1v) is 10.2. The van der Waals surface area contributed by atoms with Gasteiger partial charge in [-0.05, 0) is 51.1 Å². The Labute approximate surface area is 185 Å². The number of nitrogens with one attached hydrogen (secondary N) is 1. The molecule has 9 heteroatoms. The van der Waals surface area contributed by atoms with E-state index in [9.17, 15) is 4.79 Å². The highest BCUT2D eigenvalue weighted by atomic mass is 35.5. The fraction of sp³-hybridized carbons (Fsp3) is 0.273. The molecule has 31 heavy (non-hydrogen) atoms. The van der Waals surface area contributed by atoms with Crippen LogP contribution in [0.5, 0.6) is 5.75 Å². The minimum atomic E-state index is -0.639. The molecule has 0 bridgehead atoms. The highest BCUT2D eigenvalue weighted by molar-refractivity contribution is 6.29. The lowest BCUT2D eigenvalue weighted by Crippen LogP contribution is -2.42. The average Bonchev–Trinajstić information content (AvgIpc) is 2.73. The van der Waals surface area contributed by atoms with E-state index in [0.29, 0.717) is 46.9 Å². The molecule has 1 aliphatic heterocycles. The SMILES string of the molecule is CC(C)(C)OC(=O)N1CCOc2c(Nc3ccncc3)cc(-c3cccc(Cl)n3)nc21. The van der Waals surface area contributed by atoms with Gasteiger partial charge < -0.3 is 14.8 Å². The van der Waals surface area contributed by atoms with Crippen LogP contribution in [0.1, 0.15) is 20.8 Å². The van der Waals surface area contributed by atoms with Crippen molar-refractivity contribution in [2.24, 2.45) is 0 Å². The number of anilines is 3. The molecule has 4 heterocycles. The van der Waals surface area contributed by atoms with Gasteiger partial charge in [-0.25, -0.2) is 14.8 Å². The number of hydrogen-bond donors (Lipinski definition) is 1. The number of halogens is 1. The van der Waals surface area contributed by atoms with Crippen molar-refractivity contribution in [1.29, 1.82) is 0 Å². The van der Waals surface area contributed by atoms with E-state index in [2.05, 4.69) is 20.3 Å². The number of fused-ring (bicyclic) bond motifs is 1. The first-order chi connectivity index (χ1) is 14.8. The Morgan fingerprint density at radius 2 is 1.94 bits per heavy atom. The monoisotopic (exact) mass is 439 g/mol. The lowest BCUT2D eigenvalue weighted by molar-refractivity contribution is 0.0566. The van der Waals surface area contributed by atoms with Crippen molar-refractivity contribution in [2.75, 3.05) is 23.4 Å². The molecule has 3 aromatic rings. The van der Waals surface area contributed by atoms with Crippen LogP contribution in [-0.4, -0.2) is 39.8 Å². The Morgan fingerprint density at radius 1 is 1.16 bits per heavy atom. The molecule has 0 aliphatic carbocycles. The van der Waals surface area contributed by atoms with E-state index in [4.69, 9.17) is 21.1 Å². The Morgan fingerprint density at radius 3 is 2.65 bits per heavy atom. The van der Waals surface area contributed by atoms with Gasteiger partial charge in [0.1, 0.15) is 17.4 Å². The quantitative estimate of drug-likeness (QED) is 0.570. The molecular weight excluding hydrogens is 418 g/mol. The number of rotatable bonds is 3. The molecule has 3 aromatic heterocycles. The summed E-state index contributed by atoms with van der Waals surface area (Å²) in [5, 5.41) is 3.67. The Hall–Kier alpha value is -3.39. The average molecular weight is 440 g/mol. The predicted molar refractivity (Wildman–Crippen MR) is 119 cm³/mol. The lowest BCUT2D eigenvalue weighted by Gasteiger charge is -2.32. The van der Waals surface area contributed by atoms with Gasteiger partial charge in [0.05, 0.1) is 23.6 Å². The van der Waals surface area contributed by atoms with Gasteiger partial charge in [0, 0.05) is 18.1 Å². The third-order valence-electron chi connectivity index (χ3n) is 4.32. The number of hydrogen-bond acceptors (Lipinski definition) is 7. The highest BCUT2D eigenvalue weighted by Crippen LogP contribution is 2.41. The zero-order chi connectivity index (χ0) is 22.0. The summed E-state index contributed by atoms with van der Waals surface area (Å²) in [6, 6.07) is 10.8. The second-order valence-electron chi connectivity index (χ2n) is 7.89. The van der Waals surface area contributed by atoms with Crippen LogP contribution in [0.3, 0.4) is 0 Å². The molecule has 0 radical (unpaired) electrons.